The molecule has 5 nitrogen and oxygen atoms in total. The van der Waals surface area contributed by atoms with Gasteiger partial charge in [0.25, 0.3) is 0 Å². The Morgan fingerprint density at radius 2 is 2.33 bits per heavy atom. The molecule has 6 heteroatoms. The minimum atomic E-state index is -0.958. The molecule has 0 aliphatic rings. The number of ether oxygens (including phenoxy) is 1. The first kappa shape index (κ1) is 12.1. The van der Waals surface area contributed by atoms with E-state index in [2.05, 4.69) is 4.98 Å². The number of nitrogens with zero attached hydrogens (tertiary/aromatic N) is 2. The molecule has 0 saturated heterocycles. The van der Waals surface area contributed by atoms with E-state index in [1.165, 1.54) is 30.1 Å². The molecule has 0 aliphatic carbocycles. The lowest BCUT2D eigenvalue weighted by Gasteiger charge is -2.02. The van der Waals surface area contributed by atoms with Crippen molar-refractivity contribution in [2.24, 2.45) is 0 Å². The molecule has 2 rings (SSSR count). The highest BCUT2D eigenvalue weighted by atomic mass is 19.1. The van der Waals surface area contributed by atoms with Gasteiger partial charge in [-0.2, -0.15) is 0 Å². The monoisotopic (exact) mass is 250 g/mol. The average Bonchev–Trinajstić information content (AvgIpc) is 2.76. The quantitative estimate of drug-likeness (QED) is 0.898. The Labute approximate surface area is 102 Å². The Morgan fingerprint density at radius 3 is 2.94 bits per heavy atom. The molecule has 0 radical (unpaired) electrons. The minimum Gasteiger partial charge on any atom is -0.494 e. The molecule has 1 aromatic heterocycles. The third kappa shape index (κ3) is 2.48. The van der Waals surface area contributed by atoms with Gasteiger partial charge in [0.15, 0.2) is 11.6 Å². The highest BCUT2D eigenvalue weighted by Gasteiger charge is 2.08. The van der Waals surface area contributed by atoms with Crippen molar-refractivity contribution in [1.82, 2.24) is 9.55 Å². The zero-order chi connectivity index (χ0) is 13.1. The molecule has 0 bridgehead atoms. The van der Waals surface area contributed by atoms with Gasteiger partial charge < -0.3 is 14.4 Å². The predicted molar refractivity (Wildman–Crippen MR) is 61.8 cm³/mol. The van der Waals surface area contributed by atoms with Crippen molar-refractivity contribution in [1.29, 1.82) is 0 Å². The number of carboxylic acid groups (broad SMARTS) is 1. The van der Waals surface area contributed by atoms with Crippen LogP contribution in [0.25, 0.3) is 11.3 Å². The van der Waals surface area contributed by atoms with Gasteiger partial charge in [0, 0.05) is 11.8 Å². The molecule has 1 N–H and O–H groups in total. The topological polar surface area (TPSA) is 64.3 Å². The summed E-state index contributed by atoms with van der Waals surface area (Å²) in [5.74, 6) is -1.29. The van der Waals surface area contributed by atoms with Crippen LogP contribution in [0, 0.1) is 5.82 Å². The van der Waals surface area contributed by atoms with E-state index >= 15 is 0 Å². The normalized spacial score (nSPS) is 10.3. The molecule has 2 aromatic rings. The summed E-state index contributed by atoms with van der Waals surface area (Å²) in [7, 11) is 1.39. The van der Waals surface area contributed by atoms with Gasteiger partial charge in [-0.3, -0.25) is 4.79 Å². The van der Waals surface area contributed by atoms with E-state index in [1.807, 2.05) is 0 Å². The van der Waals surface area contributed by atoms with Crippen molar-refractivity contribution in [3.05, 3.63) is 36.5 Å². The van der Waals surface area contributed by atoms with Gasteiger partial charge in [0.1, 0.15) is 6.54 Å². The van der Waals surface area contributed by atoms with Crippen molar-refractivity contribution in [2.75, 3.05) is 7.11 Å². The van der Waals surface area contributed by atoms with Crippen LogP contribution in [-0.2, 0) is 11.3 Å². The number of hydrogen-bond acceptors (Lipinski definition) is 3. The first-order valence-electron chi connectivity index (χ1n) is 5.17. The van der Waals surface area contributed by atoms with Crippen molar-refractivity contribution in [3.8, 4) is 17.0 Å². The lowest BCUT2D eigenvalue weighted by Crippen LogP contribution is -2.06. The maximum Gasteiger partial charge on any atom is 0.323 e. The van der Waals surface area contributed by atoms with Crippen LogP contribution in [0.15, 0.2) is 30.7 Å². The van der Waals surface area contributed by atoms with Gasteiger partial charge in [0.05, 0.1) is 19.1 Å². The number of aliphatic carboxylic acids is 1. The maximum absolute atomic E-state index is 13.5. The molecule has 0 atom stereocenters. The summed E-state index contributed by atoms with van der Waals surface area (Å²) < 4.78 is 19.7. The summed E-state index contributed by atoms with van der Waals surface area (Å²) in [5.41, 5.74) is 1.08. The first-order valence-corrected chi connectivity index (χ1v) is 5.17. The number of methoxy groups -OCH3 is 1. The maximum atomic E-state index is 13.5. The number of aromatic nitrogens is 2. The summed E-state index contributed by atoms with van der Waals surface area (Å²) in [6.07, 6.45) is 2.95. The lowest BCUT2D eigenvalue weighted by atomic mass is 10.1. The number of imidazole rings is 1. The predicted octanol–water partition coefficient (Wildman–Crippen LogP) is 1.78. The van der Waals surface area contributed by atoms with E-state index < -0.39 is 11.8 Å². The summed E-state index contributed by atoms with van der Waals surface area (Å²) in [6.45, 7) is -0.175. The largest absolute Gasteiger partial charge is 0.494 e. The smallest absolute Gasteiger partial charge is 0.323 e. The van der Waals surface area contributed by atoms with Crippen LogP contribution in [0.3, 0.4) is 0 Å². The number of benzene rings is 1. The van der Waals surface area contributed by atoms with Crippen LogP contribution < -0.4 is 4.74 Å². The highest BCUT2D eigenvalue weighted by Crippen LogP contribution is 2.24. The number of carbonyl (C=O) groups is 1. The van der Waals surface area contributed by atoms with Gasteiger partial charge in [0.2, 0.25) is 0 Å². The zero-order valence-electron chi connectivity index (χ0n) is 9.63. The fourth-order valence-electron chi connectivity index (χ4n) is 1.58. The van der Waals surface area contributed by atoms with Crippen molar-refractivity contribution >= 4 is 5.97 Å². The molecule has 0 amide bonds. The van der Waals surface area contributed by atoms with Crippen molar-refractivity contribution in [2.45, 2.75) is 6.54 Å². The van der Waals surface area contributed by atoms with Crippen LogP contribution >= 0.6 is 0 Å². The SMILES string of the molecule is COc1ccc(-c2cn(CC(=O)O)cn2)cc1F. The van der Waals surface area contributed by atoms with Crippen LogP contribution in [0.5, 0.6) is 5.75 Å². The molecule has 0 saturated carbocycles. The van der Waals surface area contributed by atoms with E-state index in [-0.39, 0.29) is 12.3 Å². The Morgan fingerprint density at radius 1 is 1.56 bits per heavy atom. The molecule has 0 unspecified atom stereocenters. The second-order valence-corrected chi connectivity index (χ2v) is 3.67. The van der Waals surface area contributed by atoms with Gasteiger partial charge in [-0.25, -0.2) is 9.37 Å². The van der Waals surface area contributed by atoms with Crippen LogP contribution in [0.1, 0.15) is 0 Å². The van der Waals surface area contributed by atoms with E-state index in [4.69, 9.17) is 9.84 Å². The van der Waals surface area contributed by atoms with Gasteiger partial charge in [-0.05, 0) is 18.2 Å². The van der Waals surface area contributed by atoms with Gasteiger partial charge >= 0.3 is 5.97 Å². The molecule has 18 heavy (non-hydrogen) atoms. The van der Waals surface area contributed by atoms with Crippen LogP contribution in [-0.4, -0.2) is 27.7 Å². The second-order valence-electron chi connectivity index (χ2n) is 3.67. The molecule has 94 valence electrons. The fourth-order valence-corrected chi connectivity index (χ4v) is 1.58. The van der Waals surface area contributed by atoms with Gasteiger partial charge in [-0.15, -0.1) is 0 Å². The third-order valence-corrected chi connectivity index (χ3v) is 2.40. The molecular weight excluding hydrogens is 239 g/mol. The van der Waals surface area contributed by atoms with E-state index in [0.29, 0.717) is 11.3 Å². The highest BCUT2D eigenvalue weighted by molar-refractivity contribution is 5.67. The van der Waals surface area contributed by atoms with E-state index in [0.717, 1.165) is 0 Å². The average molecular weight is 250 g/mol. The molecule has 1 aromatic carbocycles. The second kappa shape index (κ2) is 4.87. The number of carboxylic acids is 1. The Kier molecular flexibility index (Phi) is 3.27. The van der Waals surface area contributed by atoms with Crippen molar-refractivity contribution in [3.63, 3.8) is 0 Å². The minimum absolute atomic E-state index is 0.156. The van der Waals surface area contributed by atoms with Crippen molar-refractivity contribution < 1.29 is 19.0 Å². The van der Waals surface area contributed by atoms with Crippen LogP contribution in [0.4, 0.5) is 4.39 Å². The molecular formula is C12H11FN2O3. The summed E-state index contributed by atoms with van der Waals surface area (Å²) >= 11 is 0. The summed E-state index contributed by atoms with van der Waals surface area (Å²) in [5, 5.41) is 8.63. The van der Waals surface area contributed by atoms with E-state index in [9.17, 15) is 9.18 Å². The number of halogens is 1. The molecule has 0 spiro atoms. The number of hydrogen-bond donors (Lipinski definition) is 1. The zero-order valence-corrected chi connectivity index (χ0v) is 9.63. The first-order chi connectivity index (χ1) is 8.60. The standard InChI is InChI=1S/C12H11FN2O3/c1-18-11-3-2-8(4-9(11)13)10-5-15(7-14-10)6-12(16)17/h2-5,7H,6H2,1H3,(H,16,17). The summed E-state index contributed by atoms with van der Waals surface area (Å²) in [6, 6.07) is 4.46. The molecule has 1 heterocycles. The molecule has 0 aliphatic heterocycles. The van der Waals surface area contributed by atoms with E-state index in [1.54, 1.807) is 12.3 Å². The van der Waals surface area contributed by atoms with Gasteiger partial charge in [-0.1, -0.05) is 0 Å². The molecule has 0 fully saturated rings. The summed E-state index contributed by atoms with van der Waals surface area (Å²) in [4.78, 5) is 14.6. The Bertz CT molecular complexity index is 580. The Hall–Kier alpha value is -2.37. The third-order valence-electron chi connectivity index (χ3n) is 2.40. The lowest BCUT2D eigenvalue weighted by molar-refractivity contribution is -0.137. The fraction of sp³-hybridized carbons (Fsp3) is 0.167. The number of rotatable bonds is 4. The Balaban J connectivity index is 2.28. The van der Waals surface area contributed by atoms with Crippen LogP contribution in [0.2, 0.25) is 0 Å².